The molecule has 0 radical (unpaired) electrons. The van der Waals surface area contributed by atoms with Crippen molar-refractivity contribution in [2.45, 2.75) is 78.1 Å². The zero-order valence-electron chi connectivity index (χ0n) is 17.8. The predicted molar refractivity (Wildman–Crippen MR) is 101 cm³/mol. The van der Waals surface area contributed by atoms with Crippen molar-refractivity contribution in [1.82, 2.24) is 0 Å². The van der Waals surface area contributed by atoms with Gasteiger partial charge in [-0.3, -0.25) is 0 Å². The minimum Gasteiger partial charge on any atom is -1.00 e. The van der Waals surface area contributed by atoms with Crippen LogP contribution < -0.4 is 56.1 Å². The van der Waals surface area contributed by atoms with E-state index < -0.39 is 0 Å². The third-order valence-corrected chi connectivity index (χ3v) is 7.37. The summed E-state index contributed by atoms with van der Waals surface area (Å²) in [7, 11) is 0. The summed E-state index contributed by atoms with van der Waals surface area (Å²) in [4.78, 5) is 0. The molecule has 0 aromatic carbocycles. The Morgan fingerprint density at radius 2 is 1.21 bits per heavy atom. The number of rotatable bonds is 8. The van der Waals surface area contributed by atoms with Crippen LogP contribution in [0.25, 0.3) is 0 Å². The summed E-state index contributed by atoms with van der Waals surface area (Å²) < 4.78 is 8.59. The second-order valence-electron chi connectivity index (χ2n) is 6.87. The van der Waals surface area contributed by atoms with E-state index in [9.17, 15) is 0 Å². The second-order valence-corrected chi connectivity index (χ2v) is 9.15. The Bertz CT molecular complexity index is 464. The molecule has 1 nitrogen and oxygen atoms in total. The van der Waals surface area contributed by atoms with Gasteiger partial charge in [-0.25, -0.2) is 0 Å². The molecule has 0 atom stereocenters. The number of unbranched alkanes of at least 4 members (excludes halogenated alkanes) is 2. The quantitative estimate of drug-likeness (QED) is 0.319. The van der Waals surface area contributed by atoms with Crippen LogP contribution in [0.2, 0.25) is 0 Å². The first-order chi connectivity index (χ1) is 11.8. The average Bonchev–Trinajstić information content (AvgIpc) is 3.36. The van der Waals surface area contributed by atoms with E-state index in [0.29, 0.717) is 0 Å². The smallest absolute Gasteiger partial charge is 1.00 e. The molecule has 1 aliphatic heterocycles. The van der Waals surface area contributed by atoms with Crippen LogP contribution in [-0.4, -0.2) is 13.2 Å². The SMILES string of the molecule is C1CCOC1.CCCCC1=[C]([Ti+2][C]2=C(CCCC)C=CC2)CC=C1.[Cl-].[Cl-].[Cl-].[Li+]. The molecule has 28 heavy (non-hydrogen) atoms. The fourth-order valence-electron chi connectivity index (χ4n) is 3.26. The molecule has 1 heterocycles. The van der Waals surface area contributed by atoms with Gasteiger partial charge in [-0.15, -0.1) is 0 Å². The topological polar surface area (TPSA) is 9.23 Å². The molecule has 0 bridgehead atoms. The number of allylic oxidation sites excluding steroid dienone is 8. The maximum atomic E-state index is 4.94. The molecule has 0 spiro atoms. The summed E-state index contributed by atoms with van der Waals surface area (Å²) >= 11 is -0.0137. The maximum absolute atomic E-state index is 4.94. The van der Waals surface area contributed by atoms with Crippen molar-refractivity contribution in [3.8, 4) is 0 Å². The van der Waals surface area contributed by atoms with Gasteiger partial charge >= 0.3 is 146 Å². The van der Waals surface area contributed by atoms with Gasteiger partial charge in [0.15, 0.2) is 0 Å². The van der Waals surface area contributed by atoms with Gasteiger partial charge in [0, 0.05) is 13.2 Å². The van der Waals surface area contributed by atoms with Gasteiger partial charge in [-0.05, 0) is 12.8 Å². The van der Waals surface area contributed by atoms with Crippen molar-refractivity contribution in [1.29, 1.82) is 0 Å². The summed E-state index contributed by atoms with van der Waals surface area (Å²) in [6.07, 6.45) is 22.6. The predicted octanol–water partition coefficient (Wildman–Crippen LogP) is -5.31. The molecule has 3 rings (SSSR count). The van der Waals surface area contributed by atoms with Crippen molar-refractivity contribution in [2.75, 3.05) is 13.2 Å². The van der Waals surface area contributed by atoms with Crippen LogP contribution >= 0.6 is 0 Å². The molecule has 3 aliphatic rings. The Labute approximate surface area is 213 Å². The van der Waals surface area contributed by atoms with Gasteiger partial charge < -0.3 is 42.0 Å². The number of hydrogen-bond donors (Lipinski definition) is 0. The fourth-order valence-corrected chi connectivity index (χ4v) is 5.67. The molecular formula is C22H34Cl3LiOTi. The van der Waals surface area contributed by atoms with E-state index in [1.807, 2.05) is 7.76 Å². The maximum Gasteiger partial charge on any atom is 1.00 e. The van der Waals surface area contributed by atoms with Crippen LogP contribution in [0.15, 0.2) is 43.2 Å². The molecule has 0 unspecified atom stereocenters. The zero-order chi connectivity index (χ0) is 17.0. The molecule has 0 aromatic rings. The van der Waals surface area contributed by atoms with Crippen molar-refractivity contribution in [2.24, 2.45) is 0 Å². The normalized spacial score (nSPS) is 16.4. The van der Waals surface area contributed by atoms with Gasteiger partial charge in [-0.2, -0.15) is 0 Å². The molecule has 0 N–H and O–H groups in total. The molecule has 154 valence electrons. The van der Waals surface area contributed by atoms with Crippen molar-refractivity contribution >= 4 is 0 Å². The third kappa shape index (κ3) is 12.7. The minimum atomic E-state index is -0.0137. The Kier molecular flexibility index (Phi) is 25.7. The van der Waals surface area contributed by atoms with Gasteiger partial charge in [0.25, 0.3) is 0 Å². The molecule has 2 aliphatic carbocycles. The summed E-state index contributed by atoms with van der Waals surface area (Å²) in [5, 5.41) is 0. The van der Waals surface area contributed by atoms with Gasteiger partial charge in [0.2, 0.25) is 0 Å². The first-order valence-corrected chi connectivity index (χ1v) is 11.5. The number of ether oxygens (including phenoxy) is 1. The monoisotopic (exact) mass is 474 g/mol. The van der Waals surface area contributed by atoms with E-state index in [1.54, 1.807) is 11.1 Å². The second kappa shape index (κ2) is 21.3. The Hall–Kier alpha value is 1.10. The summed E-state index contributed by atoms with van der Waals surface area (Å²) in [6, 6.07) is 0. The van der Waals surface area contributed by atoms with E-state index >= 15 is 0 Å². The molecule has 0 aromatic heterocycles. The summed E-state index contributed by atoms with van der Waals surface area (Å²) in [5.41, 5.74) is 3.38. The van der Waals surface area contributed by atoms with Crippen LogP contribution in [0.1, 0.15) is 78.1 Å². The molecule has 6 heteroatoms. The molecule has 1 fully saturated rings. The number of hydrogen-bond acceptors (Lipinski definition) is 1. The van der Waals surface area contributed by atoms with Gasteiger partial charge in [0.1, 0.15) is 0 Å². The van der Waals surface area contributed by atoms with E-state index in [1.165, 1.54) is 64.2 Å². The standard InChI is InChI=1S/2C9H13.C4H8O.3ClH.Li.Ti/c2*1-2-3-6-9-7-4-5-8-9;1-2-4-5-3-1;;;;;/h2*4,7H,2-3,5-6H2,1H3;1-4H2;3*1H;;/q;;;;;;+1;+2/p-3. The summed E-state index contributed by atoms with van der Waals surface area (Å²) in [5.74, 6) is 0. The Balaban J connectivity index is -0.000000610. The molecular weight excluding hydrogens is 441 g/mol. The van der Waals surface area contributed by atoms with Gasteiger partial charge in [-0.1, -0.05) is 0 Å². The van der Waals surface area contributed by atoms with Crippen molar-refractivity contribution in [3.63, 3.8) is 0 Å². The van der Waals surface area contributed by atoms with Gasteiger partial charge in [0.05, 0.1) is 0 Å². The molecule has 0 amide bonds. The fraction of sp³-hybridized carbons (Fsp3) is 0.636. The first-order valence-electron chi connectivity index (χ1n) is 9.97. The van der Waals surface area contributed by atoms with Crippen LogP contribution in [0, 0.1) is 0 Å². The van der Waals surface area contributed by atoms with Crippen molar-refractivity contribution < 1.29 is 80.0 Å². The van der Waals surface area contributed by atoms with E-state index in [-0.39, 0.29) is 75.2 Å². The molecule has 1 saturated heterocycles. The summed E-state index contributed by atoms with van der Waals surface area (Å²) in [6.45, 7) is 6.59. The minimum absolute atomic E-state index is 0. The van der Waals surface area contributed by atoms with E-state index in [4.69, 9.17) is 4.74 Å². The van der Waals surface area contributed by atoms with Crippen molar-refractivity contribution in [3.05, 3.63) is 43.2 Å². The third-order valence-electron chi connectivity index (χ3n) is 4.79. The zero-order valence-corrected chi connectivity index (χ0v) is 21.7. The van der Waals surface area contributed by atoms with Crippen LogP contribution in [0.4, 0.5) is 0 Å². The molecule has 0 saturated carbocycles. The van der Waals surface area contributed by atoms with E-state index in [2.05, 4.69) is 38.2 Å². The number of halogens is 3. The van der Waals surface area contributed by atoms with Crippen LogP contribution in [-0.2, 0) is 23.9 Å². The largest absolute Gasteiger partial charge is 1.00 e. The van der Waals surface area contributed by atoms with E-state index in [0.717, 1.165) is 13.2 Å². The average molecular weight is 476 g/mol. The first kappa shape index (κ1) is 33.7. The Morgan fingerprint density at radius 3 is 1.54 bits per heavy atom. The Morgan fingerprint density at radius 1 is 0.786 bits per heavy atom. The van der Waals surface area contributed by atoms with Crippen LogP contribution in [0.5, 0.6) is 0 Å². The van der Waals surface area contributed by atoms with Crippen LogP contribution in [0.3, 0.4) is 0 Å².